The zero-order valence-electron chi connectivity index (χ0n) is 7.79. The van der Waals surface area contributed by atoms with Crippen LogP contribution in [0.15, 0.2) is 40.8 Å². The summed E-state index contributed by atoms with van der Waals surface area (Å²) in [6.07, 6.45) is 2.18. The van der Waals surface area contributed by atoms with Crippen molar-refractivity contribution < 1.29 is 4.42 Å². The van der Waals surface area contributed by atoms with Gasteiger partial charge in [0.15, 0.2) is 0 Å². The molecule has 0 saturated heterocycles. The van der Waals surface area contributed by atoms with E-state index in [1.54, 1.807) is 0 Å². The van der Waals surface area contributed by atoms with Crippen LogP contribution in [-0.2, 0) is 0 Å². The zero-order valence-corrected chi connectivity index (χ0v) is 7.79. The Morgan fingerprint density at radius 1 is 1.21 bits per heavy atom. The molecular formula is C12H11NO. The first-order chi connectivity index (χ1) is 6.93. The number of furan rings is 1. The van der Waals surface area contributed by atoms with Gasteiger partial charge in [0, 0.05) is 24.0 Å². The van der Waals surface area contributed by atoms with Crippen molar-refractivity contribution in [3.8, 4) is 0 Å². The molecule has 1 aliphatic heterocycles. The lowest BCUT2D eigenvalue weighted by Crippen LogP contribution is -2.07. The van der Waals surface area contributed by atoms with Gasteiger partial charge in [0.05, 0.1) is 0 Å². The Kier molecular flexibility index (Phi) is 1.67. The summed E-state index contributed by atoms with van der Waals surface area (Å²) in [5.41, 5.74) is 2.23. The Morgan fingerprint density at radius 3 is 2.93 bits per heavy atom. The van der Waals surface area contributed by atoms with Crippen molar-refractivity contribution in [1.29, 1.82) is 0 Å². The van der Waals surface area contributed by atoms with Crippen LogP contribution in [0.2, 0.25) is 0 Å². The smallest absolute Gasteiger partial charge is 0.134 e. The lowest BCUT2D eigenvalue weighted by Gasteiger charge is -1.93. The third-order valence-electron chi connectivity index (χ3n) is 2.55. The van der Waals surface area contributed by atoms with Crippen LogP contribution < -0.4 is 5.32 Å². The summed E-state index contributed by atoms with van der Waals surface area (Å²) in [6, 6.07) is 10.2. The van der Waals surface area contributed by atoms with Gasteiger partial charge in [-0.1, -0.05) is 24.3 Å². The average molecular weight is 185 g/mol. The van der Waals surface area contributed by atoms with Crippen LogP contribution in [0.25, 0.3) is 16.5 Å². The highest BCUT2D eigenvalue weighted by Gasteiger charge is 2.10. The molecule has 1 aromatic heterocycles. The van der Waals surface area contributed by atoms with Crippen LogP contribution >= 0.6 is 0 Å². The van der Waals surface area contributed by atoms with Gasteiger partial charge in [-0.05, 0) is 12.1 Å². The molecule has 1 aliphatic rings. The van der Waals surface area contributed by atoms with E-state index >= 15 is 0 Å². The molecule has 0 bridgehead atoms. The summed E-state index contributed by atoms with van der Waals surface area (Å²) < 4.78 is 5.74. The van der Waals surface area contributed by atoms with Crippen LogP contribution in [-0.4, -0.2) is 13.1 Å². The zero-order chi connectivity index (χ0) is 9.38. The predicted octanol–water partition coefficient (Wildman–Crippen LogP) is 2.42. The molecule has 0 amide bonds. The van der Waals surface area contributed by atoms with E-state index in [4.69, 9.17) is 4.42 Å². The van der Waals surface area contributed by atoms with Gasteiger partial charge < -0.3 is 9.73 Å². The maximum Gasteiger partial charge on any atom is 0.134 e. The van der Waals surface area contributed by atoms with E-state index in [0.29, 0.717) is 0 Å². The minimum atomic E-state index is 0.916. The number of fused-ring (bicyclic) bond motifs is 1. The molecular weight excluding hydrogens is 174 g/mol. The minimum absolute atomic E-state index is 0.916. The van der Waals surface area contributed by atoms with E-state index in [9.17, 15) is 0 Å². The Balaban J connectivity index is 2.14. The highest BCUT2D eigenvalue weighted by atomic mass is 16.3. The molecule has 2 nitrogen and oxygen atoms in total. The van der Waals surface area contributed by atoms with Crippen molar-refractivity contribution in [3.63, 3.8) is 0 Å². The third-order valence-corrected chi connectivity index (χ3v) is 2.55. The van der Waals surface area contributed by atoms with Crippen LogP contribution in [0.3, 0.4) is 0 Å². The van der Waals surface area contributed by atoms with Crippen molar-refractivity contribution in [1.82, 2.24) is 5.32 Å². The monoisotopic (exact) mass is 185 g/mol. The van der Waals surface area contributed by atoms with Gasteiger partial charge >= 0.3 is 0 Å². The SMILES string of the molecule is C1=C(c2cc3ccccc3o2)CNC1. The van der Waals surface area contributed by atoms with E-state index in [0.717, 1.165) is 24.4 Å². The number of hydrogen-bond donors (Lipinski definition) is 1. The molecule has 0 radical (unpaired) electrons. The molecule has 3 rings (SSSR count). The summed E-state index contributed by atoms with van der Waals surface area (Å²) in [4.78, 5) is 0. The fraction of sp³-hybridized carbons (Fsp3) is 0.167. The minimum Gasteiger partial charge on any atom is -0.456 e. The van der Waals surface area contributed by atoms with Gasteiger partial charge in [0.25, 0.3) is 0 Å². The number of hydrogen-bond acceptors (Lipinski definition) is 2. The Bertz CT molecular complexity index is 463. The van der Waals surface area contributed by atoms with E-state index < -0.39 is 0 Å². The first-order valence-electron chi connectivity index (χ1n) is 4.82. The normalized spacial score (nSPS) is 16.1. The average Bonchev–Trinajstić information content (AvgIpc) is 2.86. The standard InChI is InChI=1S/C12H11NO/c1-2-4-11-9(3-1)7-12(14-11)10-5-6-13-8-10/h1-5,7,13H,6,8H2. The summed E-state index contributed by atoms with van der Waals surface area (Å²) in [5, 5.41) is 4.44. The molecule has 0 atom stereocenters. The van der Waals surface area contributed by atoms with Gasteiger partial charge in [-0.15, -0.1) is 0 Å². The van der Waals surface area contributed by atoms with Crippen LogP contribution in [0.1, 0.15) is 5.76 Å². The van der Waals surface area contributed by atoms with E-state index in [1.807, 2.05) is 18.2 Å². The molecule has 2 aromatic rings. The fourth-order valence-electron chi connectivity index (χ4n) is 1.80. The van der Waals surface area contributed by atoms with Crippen LogP contribution in [0.5, 0.6) is 0 Å². The molecule has 70 valence electrons. The highest BCUT2D eigenvalue weighted by Crippen LogP contribution is 2.25. The third kappa shape index (κ3) is 1.16. The molecule has 0 unspecified atom stereocenters. The lowest BCUT2D eigenvalue weighted by molar-refractivity contribution is 0.598. The summed E-state index contributed by atoms with van der Waals surface area (Å²) in [7, 11) is 0. The number of para-hydroxylation sites is 1. The van der Waals surface area contributed by atoms with Gasteiger partial charge in [-0.3, -0.25) is 0 Å². The van der Waals surface area contributed by atoms with Crippen molar-refractivity contribution in [2.75, 3.05) is 13.1 Å². The van der Waals surface area contributed by atoms with Crippen molar-refractivity contribution >= 4 is 16.5 Å². The summed E-state index contributed by atoms with van der Waals surface area (Å²) >= 11 is 0. The topological polar surface area (TPSA) is 25.2 Å². The van der Waals surface area contributed by atoms with Crippen molar-refractivity contribution in [2.45, 2.75) is 0 Å². The van der Waals surface area contributed by atoms with Gasteiger partial charge in [0.1, 0.15) is 11.3 Å². The van der Waals surface area contributed by atoms with Gasteiger partial charge in [0.2, 0.25) is 0 Å². The second-order valence-electron chi connectivity index (χ2n) is 3.51. The molecule has 14 heavy (non-hydrogen) atoms. The molecule has 1 N–H and O–H groups in total. The Labute approximate surface area is 82.2 Å². The van der Waals surface area contributed by atoms with E-state index in [2.05, 4.69) is 23.5 Å². The Morgan fingerprint density at radius 2 is 2.14 bits per heavy atom. The molecule has 1 aromatic carbocycles. The first kappa shape index (κ1) is 7.83. The molecule has 0 aliphatic carbocycles. The largest absolute Gasteiger partial charge is 0.456 e. The maximum atomic E-state index is 5.74. The number of nitrogens with one attached hydrogen (secondary N) is 1. The summed E-state index contributed by atoms with van der Waals surface area (Å²) in [6.45, 7) is 1.87. The van der Waals surface area contributed by atoms with Crippen molar-refractivity contribution in [3.05, 3.63) is 42.2 Å². The van der Waals surface area contributed by atoms with Gasteiger partial charge in [-0.2, -0.15) is 0 Å². The molecule has 0 fully saturated rings. The van der Waals surface area contributed by atoms with E-state index in [1.165, 1.54) is 11.0 Å². The van der Waals surface area contributed by atoms with Crippen LogP contribution in [0, 0.1) is 0 Å². The molecule has 0 saturated carbocycles. The van der Waals surface area contributed by atoms with Crippen LogP contribution in [0.4, 0.5) is 0 Å². The summed E-state index contributed by atoms with van der Waals surface area (Å²) in [5.74, 6) is 0.996. The number of rotatable bonds is 1. The maximum absolute atomic E-state index is 5.74. The molecule has 2 heterocycles. The van der Waals surface area contributed by atoms with Crippen molar-refractivity contribution in [2.24, 2.45) is 0 Å². The second-order valence-corrected chi connectivity index (χ2v) is 3.51. The second kappa shape index (κ2) is 3.00. The molecule has 0 spiro atoms. The molecule has 2 heteroatoms. The first-order valence-corrected chi connectivity index (χ1v) is 4.82. The van der Waals surface area contributed by atoms with E-state index in [-0.39, 0.29) is 0 Å². The fourth-order valence-corrected chi connectivity index (χ4v) is 1.80. The quantitative estimate of drug-likeness (QED) is 0.738. The lowest BCUT2D eigenvalue weighted by atomic mass is 10.2. The van der Waals surface area contributed by atoms with Gasteiger partial charge in [-0.25, -0.2) is 0 Å². The highest BCUT2D eigenvalue weighted by molar-refractivity contribution is 5.82. The predicted molar refractivity (Wildman–Crippen MR) is 57.1 cm³/mol. The Hall–Kier alpha value is -1.54. The number of benzene rings is 1.